The highest BCUT2D eigenvalue weighted by Gasteiger charge is 2.35. The second-order valence-corrected chi connectivity index (χ2v) is 7.54. The minimum atomic E-state index is -0.563. The van der Waals surface area contributed by atoms with E-state index in [4.69, 9.17) is 27.9 Å². The van der Waals surface area contributed by atoms with E-state index in [2.05, 4.69) is 5.32 Å². The zero-order valence-corrected chi connectivity index (χ0v) is 16.2. The number of nitrogens with one attached hydrogen (secondary N) is 1. The third-order valence-corrected chi connectivity index (χ3v) is 5.36. The van der Waals surface area contributed by atoms with Gasteiger partial charge in [-0.1, -0.05) is 23.2 Å². The molecule has 0 aliphatic carbocycles. The number of nitrogens with zero attached hydrogens (tertiary/aromatic N) is 1. The Morgan fingerprint density at radius 2 is 1.81 bits per heavy atom. The maximum Gasteiger partial charge on any atom is 0.255 e. The van der Waals surface area contributed by atoms with Gasteiger partial charge < -0.3 is 15.0 Å². The van der Waals surface area contributed by atoms with Crippen molar-refractivity contribution in [2.75, 3.05) is 24.1 Å². The van der Waals surface area contributed by atoms with Crippen molar-refractivity contribution < 1.29 is 14.3 Å². The third-order valence-electron chi connectivity index (χ3n) is 3.91. The molecule has 26 heavy (non-hydrogen) atoms. The van der Waals surface area contributed by atoms with Gasteiger partial charge in [0.05, 0.1) is 13.0 Å². The summed E-state index contributed by atoms with van der Waals surface area (Å²) in [5.41, 5.74) is 1.01. The number of amides is 2. The lowest BCUT2D eigenvalue weighted by Crippen LogP contribution is -2.44. The van der Waals surface area contributed by atoms with Gasteiger partial charge in [-0.25, -0.2) is 0 Å². The van der Waals surface area contributed by atoms with Gasteiger partial charge >= 0.3 is 0 Å². The number of anilines is 1. The second-order valence-electron chi connectivity index (χ2n) is 5.67. The third kappa shape index (κ3) is 4.26. The number of benzene rings is 2. The number of halogens is 2. The summed E-state index contributed by atoms with van der Waals surface area (Å²) in [5, 5.41) is 3.60. The zero-order valence-electron chi connectivity index (χ0n) is 13.9. The number of carbonyl (C=O) groups excluding carboxylic acids is 2. The Bertz CT molecular complexity index is 809. The van der Waals surface area contributed by atoms with Crippen molar-refractivity contribution in [3.05, 3.63) is 58.1 Å². The Balaban J connectivity index is 1.74. The van der Waals surface area contributed by atoms with Gasteiger partial charge in [0.15, 0.2) is 0 Å². The van der Waals surface area contributed by atoms with E-state index in [1.165, 1.54) is 16.7 Å². The van der Waals surface area contributed by atoms with E-state index < -0.39 is 6.04 Å². The number of methoxy groups -OCH3 is 1. The lowest BCUT2D eigenvalue weighted by Gasteiger charge is -2.23. The first-order chi connectivity index (χ1) is 12.5. The first-order valence-electron chi connectivity index (χ1n) is 7.77. The van der Waals surface area contributed by atoms with Gasteiger partial charge in [0.25, 0.3) is 5.91 Å². The fourth-order valence-corrected chi connectivity index (χ4v) is 4.28. The minimum Gasteiger partial charge on any atom is -0.497 e. The van der Waals surface area contributed by atoms with Gasteiger partial charge in [0, 0.05) is 27.0 Å². The van der Waals surface area contributed by atoms with E-state index in [0.717, 1.165) is 0 Å². The zero-order chi connectivity index (χ0) is 18.7. The van der Waals surface area contributed by atoms with Crippen LogP contribution in [0.2, 0.25) is 10.0 Å². The molecule has 0 radical (unpaired) electrons. The highest BCUT2D eigenvalue weighted by Crippen LogP contribution is 2.27. The smallest absolute Gasteiger partial charge is 0.255 e. The number of hydrogen-bond donors (Lipinski definition) is 1. The number of ether oxygens (including phenoxy) is 1. The van der Waals surface area contributed by atoms with Gasteiger partial charge in [-0.05, 0) is 42.5 Å². The highest BCUT2D eigenvalue weighted by atomic mass is 35.5. The standard InChI is InChI=1S/C18H16Cl2N2O3S/c1-25-15-4-2-14(3-5-15)21-17(23)16-9-26-10-22(16)18(24)11-6-12(19)8-13(20)7-11/h2-8,16H,9-10H2,1H3,(H,21,23). The molecule has 5 nitrogen and oxygen atoms in total. The number of hydrogen-bond acceptors (Lipinski definition) is 4. The van der Waals surface area contributed by atoms with Crippen molar-refractivity contribution in [2.45, 2.75) is 6.04 Å². The molecule has 0 spiro atoms. The monoisotopic (exact) mass is 410 g/mol. The molecule has 0 aromatic heterocycles. The molecule has 2 aromatic rings. The van der Waals surface area contributed by atoms with Gasteiger partial charge in [0.1, 0.15) is 11.8 Å². The van der Waals surface area contributed by atoms with Crippen LogP contribution < -0.4 is 10.1 Å². The molecule has 2 aromatic carbocycles. The average Bonchev–Trinajstić information content (AvgIpc) is 3.10. The van der Waals surface area contributed by atoms with E-state index >= 15 is 0 Å². The van der Waals surface area contributed by atoms with Crippen LogP contribution in [0.5, 0.6) is 5.75 Å². The highest BCUT2D eigenvalue weighted by molar-refractivity contribution is 7.99. The first kappa shape index (κ1) is 18.9. The predicted octanol–water partition coefficient (Wildman–Crippen LogP) is 4.16. The maximum atomic E-state index is 12.8. The summed E-state index contributed by atoms with van der Waals surface area (Å²) in [7, 11) is 1.58. The predicted molar refractivity (Wildman–Crippen MR) is 105 cm³/mol. The SMILES string of the molecule is COc1ccc(NC(=O)C2CSCN2C(=O)c2cc(Cl)cc(Cl)c2)cc1. The molecular weight excluding hydrogens is 395 g/mol. The summed E-state index contributed by atoms with van der Waals surface area (Å²) in [6, 6.07) is 11.1. The summed E-state index contributed by atoms with van der Waals surface area (Å²) in [5.74, 6) is 1.16. The number of thioether (sulfide) groups is 1. The first-order valence-corrected chi connectivity index (χ1v) is 9.68. The van der Waals surface area contributed by atoms with Crippen LogP contribution in [0.1, 0.15) is 10.4 Å². The van der Waals surface area contributed by atoms with Crippen LogP contribution in [0.3, 0.4) is 0 Å². The molecule has 1 heterocycles. The molecule has 8 heteroatoms. The molecule has 0 bridgehead atoms. The van der Waals surface area contributed by atoms with Crippen LogP contribution in [0, 0.1) is 0 Å². The van der Waals surface area contributed by atoms with Gasteiger partial charge in [-0.2, -0.15) is 0 Å². The average molecular weight is 411 g/mol. The largest absolute Gasteiger partial charge is 0.497 e. The lowest BCUT2D eigenvalue weighted by atomic mass is 10.1. The van der Waals surface area contributed by atoms with Gasteiger partial charge in [-0.3, -0.25) is 9.59 Å². The Morgan fingerprint density at radius 1 is 1.15 bits per heavy atom. The van der Waals surface area contributed by atoms with Crippen molar-refractivity contribution in [2.24, 2.45) is 0 Å². The molecule has 0 saturated carbocycles. The molecule has 1 unspecified atom stereocenters. The van der Waals surface area contributed by atoms with Crippen molar-refractivity contribution in [3.8, 4) is 5.75 Å². The molecule has 3 rings (SSSR count). The van der Waals surface area contributed by atoms with Crippen LogP contribution in [-0.2, 0) is 4.79 Å². The second kappa shape index (κ2) is 8.20. The molecule has 1 atom stereocenters. The van der Waals surface area contributed by atoms with E-state index in [9.17, 15) is 9.59 Å². The van der Waals surface area contributed by atoms with Crippen LogP contribution in [0.4, 0.5) is 5.69 Å². The molecule has 1 aliphatic heterocycles. The van der Waals surface area contributed by atoms with E-state index in [1.54, 1.807) is 49.6 Å². The van der Waals surface area contributed by atoms with Crippen molar-refractivity contribution in [1.29, 1.82) is 0 Å². The number of carbonyl (C=O) groups is 2. The van der Waals surface area contributed by atoms with Crippen molar-refractivity contribution in [1.82, 2.24) is 4.90 Å². The topological polar surface area (TPSA) is 58.6 Å². The summed E-state index contributed by atoms with van der Waals surface area (Å²) in [6.07, 6.45) is 0. The molecular formula is C18H16Cl2N2O3S. The Hall–Kier alpha value is -1.89. The number of rotatable bonds is 4. The molecule has 1 N–H and O–H groups in total. The van der Waals surface area contributed by atoms with Crippen LogP contribution in [0.15, 0.2) is 42.5 Å². The molecule has 2 amide bonds. The summed E-state index contributed by atoms with van der Waals surface area (Å²) in [4.78, 5) is 27.0. The van der Waals surface area contributed by atoms with Gasteiger partial charge in [0.2, 0.25) is 5.91 Å². The Labute approximate surface area is 165 Å². The molecule has 1 saturated heterocycles. The summed E-state index contributed by atoms with van der Waals surface area (Å²) >= 11 is 13.5. The van der Waals surface area contributed by atoms with Crippen molar-refractivity contribution >= 4 is 52.5 Å². The van der Waals surface area contributed by atoms with E-state index in [-0.39, 0.29) is 11.8 Å². The fraction of sp³-hybridized carbons (Fsp3) is 0.222. The Morgan fingerprint density at radius 3 is 2.42 bits per heavy atom. The molecule has 1 aliphatic rings. The maximum absolute atomic E-state index is 12.8. The quantitative estimate of drug-likeness (QED) is 0.821. The van der Waals surface area contributed by atoms with E-state index in [1.807, 2.05) is 0 Å². The van der Waals surface area contributed by atoms with E-state index in [0.29, 0.717) is 38.7 Å². The summed E-state index contributed by atoms with van der Waals surface area (Å²) in [6.45, 7) is 0. The normalized spacial score (nSPS) is 16.4. The molecule has 1 fully saturated rings. The van der Waals surface area contributed by atoms with Crippen LogP contribution >= 0.6 is 35.0 Å². The van der Waals surface area contributed by atoms with Crippen LogP contribution in [0.25, 0.3) is 0 Å². The minimum absolute atomic E-state index is 0.235. The van der Waals surface area contributed by atoms with Gasteiger partial charge in [-0.15, -0.1) is 11.8 Å². The van der Waals surface area contributed by atoms with Crippen molar-refractivity contribution in [3.63, 3.8) is 0 Å². The lowest BCUT2D eigenvalue weighted by molar-refractivity contribution is -0.119. The Kier molecular flexibility index (Phi) is 5.96. The fourth-order valence-electron chi connectivity index (χ4n) is 2.60. The van der Waals surface area contributed by atoms with Crippen LogP contribution in [-0.4, -0.2) is 41.5 Å². The summed E-state index contributed by atoms with van der Waals surface area (Å²) < 4.78 is 5.10. The molecule has 136 valence electrons.